The van der Waals surface area contributed by atoms with Crippen molar-refractivity contribution in [1.29, 1.82) is 0 Å². The molecular formula is C30H23ClN4OS. The van der Waals surface area contributed by atoms with Gasteiger partial charge in [-0.15, -0.1) is 0 Å². The molecule has 5 nitrogen and oxygen atoms in total. The summed E-state index contributed by atoms with van der Waals surface area (Å²) in [4.78, 5) is 19.9. The maximum Gasteiger partial charge on any atom is 0.272 e. The molecule has 0 saturated carbocycles. The zero-order valence-electron chi connectivity index (χ0n) is 20.0. The van der Waals surface area contributed by atoms with E-state index in [1.165, 1.54) is 22.3 Å². The Bertz CT molecular complexity index is 1580. The Labute approximate surface area is 225 Å². The number of carbonyl (C=O) groups is 1. The molecule has 1 amide bonds. The van der Waals surface area contributed by atoms with Crippen LogP contribution < -0.4 is 15.5 Å². The smallest absolute Gasteiger partial charge is 0.272 e. The average Bonchev–Trinajstić information content (AvgIpc) is 3.24. The lowest BCUT2D eigenvalue weighted by Crippen LogP contribution is -2.47. The van der Waals surface area contributed by atoms with Gasteiger partial charge in [-0.05, 0) is 71.2 Å². The van der Waals surface area contributed by atoms with Crippen LogP contribution in [0.1, 0.15) is 22.3 Å². The number of likely N-dealkylation sites (N-methyl/N-ethyl adjacent to an activating group) is 1. The molecule has 2 aliphatic rings. The predicted molar refractivity (Wildman–Crippen MR) is 155 cm³/mol. The number of nitrogens with one attached hydrogen (secondary N) is 2. The van der Waals surface area contributed by atoms with E-state index in [1.807, 2.05) is 48.5 Å². The minimum atomic E-state index is -0.912. The van der Waals surface area contributed by atoms with Crippen molar-refractivity contribution in [1.82, 2.24) is 5.32 Å². The van der Waals surface area contributed by atoms with E-state index in [1.54, 1.807) is 18.0 Å². The van der Waals surface area contributed by atoms with Crippen molar-refractivity contribution in [3.05, 3.63) is 118 Å². The maximum atomic E-state index is 13.5. The number of hydrogen-bond donors (Lipinski definition) is 2. The van der Waals surface area contributed by atoms with Gasteiger partial charge in [0.1, 0.15) is 0 Å². The van der Waals surface area contributed by atoms with E-state index < -0.39 is 6.17 Å². The Morgan fingerprint density at radius 2 is 1.68 bits per heavy atom. The normalized spacial score (nSPS) is 15.7. The lowest BCUT2D eigenvalue weighted by molar-refractivity contribution is -0.119. The highest BCUT2D eigenvalue weighted by Gasteiger charge is 2.30. The Hall–Kier alpha value is -4.00. The van der Waals surface area contributed by atoms with Gasteiger partial charge in [0, 0.05) is 28.9 Å². The number of nitrogens with zero attached hydrogens (tertiary/aromatic N) is 2. The molecule has 2 N–H and O–H groups in total. The largest absolute Gasteiger partial charge is 0.333 e. The number of amides is 1. The summed E-state index contributed by atoms with van der Waals surface area (Å²) in [5.74, 6) is -0.219. The first-order valence-electron chi connectivity index (χ1n) is 12.0. The second-order valence-electron chi connectivity index (χ2n) is 9.11. The number of benzene rings is 4. The van der Waals surface area contributed by atoms with Crippen molar-refractivity contribution < 1.29 is 4.79 Å². The Kier molecular flexibility index (Phi) is 5.99. The van der Waals surface area contributed by atoms with Crippen LogP contribution in [0.2, 0.25) is 5.02 Å². The van der Waals surface area contributed by atoms with Crippen molar-refractivity contribution in [2.75, 3.05) is 17.3 Å². The highest BCUT2D eigenvalue weighted by molar-refractivity contribution is 7.80. The summed E-state index contributed by atoms with van der Waals surface area (Å²) in [6, 6.07) is 29.9. The van der Waals surface area contributed by atoms with Crippen LogP contribution in [0.3, 0.4) is 0 Å². The van der Waals surface area contributed by atoms with Gasteiger partial charge in [-0.3, -0.25) is 4.79 Å². The average molecular weight is 523 g/mol. The van der Waals surface area contributed by atoms with Crippen molar-refractivity contribution in [2.45, 2.75) is 12.6 Å². The van der Waals surface area contributed by atoms with Crippen LogP contribution in [-0.2, 0) is 11.2 Å². The number of anilines is 2. The molecule has 0 spiro atoms. The van der Waals surface area contributed by atoms with Gasteiger partial charge in [-0.2, -0.15) is 0 Å². The fourth-order valence-corrected chi connectivity index (χ4v) is 5.38. The van der Waals surface area contributed by atoms with Crippen LogP contribution in [-0.4, -0.2) is 29.9 Å². The van der Waals surface area contributed by atoms with Gasteiger partial charge in [-0.25, -0.2) is 4.99 Å². The Morgan fingerprint density at radius 1 is 0.919 bits per heavy atom. The first-order chi connectivity index (χ1) is 18.0. The third-order valence-corrected chi connectivity index (χ3v) is 7.22. The second kappa shape index (κ2) is 9.47. The van der Waals surface area contributed by atoms with Crippen molar-refractivity contribution >= 4 is 51.9 Å². The minimum absolute atomic E-state index is 0.219. The topological polar surface area (TPSA) is 56.7 Å². The van der Waals surface area contributed by atoms with Gasteiger partial charge in [0.15, 0.2) is 5.11 Å². The van der Waals surface area contributed by atoms with Gasteiger partial charge in [0.25, 0.3) is 5.91 Å². The van der Waals surface area contributed by atoms with E-state index in [2.05, 4.69) is 47.0 Å². The number of halogens is 1. The Morgan fingerprint density at radius 3 is 2.51 bits per heavy atom. The standard InChI is InChI=1S/C30H23ClN4OS/c1-35-26-14-11-21(31)17-25(26)27(18-7-3-2-4-8-18)33-28(29(35)36)34-30(37)32-22-12-13-24-20(16-22)15-19-9-5-6-10-23(19)24/h2-14,16-17,28H,15H2,1H3,(H2,32,34,37). The number of fused-ring (bicyclic) bond motifs is 4. The van der Waals surface area contributed by atoms with Crippen molar-refractivity contribution in [3.8, 4) is 11.1 Å². The molecule has 1 atom stereocenters. The molecule has 7 heteroatoms. The van der Waals surface area contributed by atoms with Gasteiger partial charge in [-0.1, -0.05) is 72.3 Å². The predicted octanol–water partition coefficient (Wildman–Crippen LogP) is 6.04. The number of hydrogen-bond acceptors (Lipinski definition) is 3. The summed E-state index contributed by atoms with van der Waals surface area (Å²) in [7, 11) is 1.74. The molecule has 0 radical (unpaired) electrons. The number of aliphatic imine (C=N–C) groups is 1. The maximum absolute atomic E-state index is 13.5. The third-order valence-electron chi connectivity index (χ3n) is 6.76. The molecule has 182 valence electrons. The molecule has 0 aromatic heterocycles. The summed E-state index contributed by atoms with van der Waals surface area (Å²) < 4.78 is 0. The number of benzodiazepines with no additional fused rings is 1. The summed E-state index contributed by atoms with van der Waals surface area (Å²) in [6.45, 7) is 0. The van der Waals surface area contributed by atoms with E-state index >= 15 is 0 Å². The first-order valence-corrected chi connectivity index (χ1v) is 12.8. The lowest BCUT2D eigenvalue weighted by atomic mass is 10.0. The molecule has 0 saturated heterocycles. The summed E-state index contributed by atoms with van der Waals surface area (Å²) >= 11 is 12.0. The van der Waals surface area contributed by atoms with Crippen LogP contribution in [0.25, 0.3) is 11.1 Å². The molecule has 1 aliphatic heterocycles. The molecule has 0 fully saturated rings. The van der Waals surface area contributed by atoms with Crippen LogP contribution in [0.5, 0.6) is 0 Å². The minimum Gasteiger partial charge on any atom is -0.333 e. The molecule has 37 heavy (non-hydrogen) atoms. The zero-order chi connectivity index (χ0) is 25.5. The van der Waals surface area contributed by atoms with E-state index in [0.717, 1.165) is 28.9 Å². The molecule has 0 bridgehead atoms. The highest BCUT2D eigenvalue weighted by atomic mass is 35.5. The summed E-state index contributed by atoms with van der Waals surface area (Å²) in [5.41, 5.74) is 9.04. The fourth-order valence-electron chi connectivity index (χ4n) is 4.98. The van der Waals surface area contributed by atoms with Gasteiger partial charge in [0.2, 0.25) is 6.17 Å². The number of thiocarbonyl (C=S) groups is 1. The third kappa shape index (κ3) is 4.39. The van der Waals surface area contributed by atoms with Gasteiger partial charge < -0.3 is 15.5 Å². The van der Waals surface area contributed by atoms with E-state index in [-0.39, 0.29) is 5.91 Å². The molecule has 6 rings (SSSR count). The lowest BCUT2D eigenvalue weighted by Gasteiger charge is -2.22. The number of rotatable bonds is 3. The van der Waals surface area contributed by atoms with Crippen LogP contribution in [0, 0.1) is 0 Å². The quantitative estimate of drug-likeness (QED) is 0.284. The summed E-state index contributed by atoms with van der Waals surface area (Å²) in [6.07, 6.45) is -0.0244. The molecule has 1 unspecified atom stereocenters. The molecular weight excluding hydrogens is 500 g/mol. The van der Waals surface area contributed by atoms with E-state index in [0.29, 0.717) is 15.8 Å². The molecule has 1 heterocycles. The van der Waals surface area contributed by atoms with Gasteiger partial charge >= 0.3 is 0 Å². The molecule has 1 aliphatic carbocycles. The SMILES string of the molecule is CN1C(=O)C(NC(=S)Nc2ccc3c(c2)Cc2ccccc2-3)N=C(c2ccccc2)c2cc(Cl)ccc21. The Balaban J connectivity index is 1.29. The van der Waals surface area contributed by atoms with Crippen molar-refractivity contribution in [3.63, 3.8) is 0 Å². The molecule has 4 aromatic carbocycles. The monoisotopic (exact) mass is 522 g/mol. The van der Waals surface area contributed by atoms with E-state index in [4.69, 9.17) is 28.8 Å². The van der Waals surface area contributed by atoms with E-state index in [9.17, 15) is 4.79 Å². The zero-order valence-corrected chi connectivity index (χ0v) is 21.6. The van der Waals surface area contributed by atoms with Crippen molar-refractivity contribution in [2.24, 2.45) is 4.99 Å². The van der Waals surface area contributed by atoms with Crippen LogP contribution >= 0.6 is 23.8 Å². The fraction of sp³-hybridized carbons (Fsp3) is 0.100. The van der Waals surface area contributed by atoms with Crippen LogP contribution in [0.15, 0.2) is 96.0 Å². The second-order valence-corrected chi connectivity index (χ2v) is 9.95. The molecule has 4 aromatic rings. The number of carbonyl (C=O) groups excluding carboxylic acids is 1. The van der Waals surface area contributed by atoms with Crippen LogP contribution in [0.4, 0.5) is 11.4 Å². The van der Waals surface area contributed by atoms with Gasteiger partial charge in [0.05, 0.1) is 11.4 Å². The summed E-state index contributed by atoms with van der Waals surface area (Å²) in [5, 5.41) is 7.27. The first kappa shape index (κ1) is 23.4. The highest BCUT2D eigenvalue weighted by Crippen LogP contribution is 2.37.